The van der Waals surface area contributed by atoms with Crippen molar-refractivity contribution in [2.75, 3.05) is 39.8 Å². The van der Waals surface area contributed by atoms with Gasteiger partial charge >= 0.3 is 17.9 Å². The van der Waals surface area contributed by atoms with Gasteiger partial charge in [0.2, 0.25) is 0 Å². The van der Waals surface area contributed by atoms with Crippen molar-refractivity contribution in [1.29, 1.82) is 5.41 Å². The summed E-state index contributed by atoms with van der Waals surface area (Å²) in [6.07, 6.45) is 23.3. The molecule has 0 bridgehead atoms. The summed E-state index contributed by atoms with van der Waals surface area (Å²) in [5.41, 5.74) is 1.94. The predicted octanol–water partition coefficient (Wildman–Crippen LogP) is 13.4. The molecule has 0 aromatic heterocycles. The summed E-state index contributed by atoms with van der Waals surface area (Å²) in [5, 5.41) is 7.56. The first kappa shape index (κ1) is 59.0. The molecule has 3 saturated carbocycles. The summed E-state index contributed by atoms with van der Waals surface area (Å²) in [6, 6.07) is 19.9. The zero-order valence-electron chi connectivity index (χ0n) is 43.2. The molecule has 3 aromatic rings. The number of aldehydes is 1. The second kappa shape index (κ2) is 34.7. The Bertz CT molecular complexity index is 2100. The summed E-state index contributed by atoms with van der Waals surface area (Å²) in [5.74, 6) is 4.08. The molecule has 3 aliphatic carbocycles. The van der Waals surface area contributed by atoms with E-state index >= 15 is 0 Å². The molecule has 0 saturated heterocycles. The summed E-state index contributed by atoms with van der Waals surface area (Å²) >= 11 is 1.44. The van der Waals surface area contributed by atoms with Gasteiger partial charge in [-0.2, -0.15) is 0 Å². The van der Waals surface area contributed by atoms with Crippen LogP contribution in [0.3, 0.4) is 0 Å². The van der Waals surface area contributed by atoms with Crippen molar-refractivity contribution in [3.63, 3.8) is 0 Å². The lowest BCUT2D eigenvalue weighted by Crippen LogP contribution is -2.30. The van der Waals surface area contributed by atoms with Crippen molar-refractivity contribution in [3.05, 3.63) is 96.3 Å². The fourth-order valence-corrected chi connectivity index (χ4v) is 8.87. The normalized spacial score (nSPS) is 17.9. The lowest BCUT2D eigenvalue weighted by atomic mass is 9.78. The highest BCUT2D eigenvalue weighted by molar-refractivity contribution is 7.93. The van der Waals surface area contributed by atoms with Crippen LogP contribution in [-0.2, 0) is 28.1 Å². The van der Waals surface area contributed by atoms with Gasteiger partial charge in [-0.3, -0.25) is 9.59 Å². The van der Waals surface area contributed by atoms with Crippen molar-refractivity contribution in [3.8, 4) is 34.5 Å². The highest BCUT2D eigenvalue weighted by atomic mass is 32.2. The molecular weight excluding hydrogens is 935 g/mol. The maximum Gasteiger partial charge on any atom is 0.330 e. The third kappa shape index (κ3) is 21.2. The number of ether oxygens (including phenoxy) is 7. The number of esters is 3. The Morgan fingerprint density at radius 3 is 1.60 bits per heavy atom. The van der Waals surface area contributed by atoms with Crippen molar-refractivity contribution in [2.45, 2.75) is 136 Å². The SMILES string of the molecule is C=CC(=O)OCCCCCCOc1ccc(OC(=O)C2CCC(C(=O)Oc3ccc(OC)cc3C=N)CC2)cc1.CC.CSOCCCCCCOc1ccc(OC(=C2CCC2)C2CCC(C=O)CC2)cc1. The van der Waals surface area contributed by atoms with Crippen molar-refractivity contribution in [1.82, 2.24) is 0 Å². The summed E-state index contributed by atoms with van der Waals surface area (Å²) in [7, 11) is 1.53. The van der Waals surface area contributed by atoms with Crippen LogP contribution in [0.4, 0.5) is 0 Å². The van der Waals surface area contributed by atoms with Crippen LogP contribution in [0.25, 0.3) is 0 Å². The minimum Gasteiger partial charge on any atom is -0.497 e. The van der Waals surface area contributed by atoms with Crippen molar-refractivity contribution < 1.29 is 56.5 Å². The minimum absolute atomic E-state index is 0.244. The van der Waals surface area contributed by atoms with E-state index < -0.39 is 5.97 Å². The quantitative estimate of drug-likeness (QED) is 0.0107. The largest absolute Gasteiger partial charge is 0.497 e. The average Bonchev–Trinajstić information content (AvgIpc) is 3.41. The Balaban J connectivity index is 0.000000313. The highest BCUT2D eigenvalue weighted by Gasteiger charge is 2.33. The van der Waals surface area contributed by atoms with E-state index in [-0.39, 0.29) is 29.7 Å². The molecule has 6 rings (SSSR count). The van der Waals surface area contributed by atoms with Gasteiger partial charge in [-0.1, -0.05) is 26.8 Å². The first-order chi connectivity index (χ1) is 35.2. The number of allylic oxidation sites excluding steroid dienone is 2. The van der Waals surface area contributed by atoms with Gasteiger partial charge in [0.15, 0.2) is 0 Å². The van der Waals surface area contributed by atoms with E-state index in [1.165, 1.54) is 49.7 Å². The molecule has 394 valence electrons. The minimum atomic E-state index is -0.396. The van der Waals surface area contributed by atoms with Crippen LogP contribution in [0, 0.1) is 29.1 Å². The van der Waals surface area contributed by atoms with Crippen LogP contribution < -0.4 is 28.4 Å². The molecule has 0 amide bonds. The van der Waals surface area contributed by atoms with E-state index in [4.69, 9.17) is 42.8 Å². The molecule has 13 nitrogen and oxygen atoms in total. The van der Waals surface area contributed by atoms with Gasteiger partial charge in [0, 0.05) is 35.9 Å². The van der Waals surface area contributed by atoms with Gasteiger partial charge in [0.1, 0.15) is 46.5 Å². The van der Waals surface area contributed by atoms with E-state index in [2.05, 4.69) is 6.58 Å². The Morgan fingerprint density at radius 2 is 1.11 bits per heavy atom. The molecule has 3 fully saturated rings. The molecule has 0 radical (unpaired) electrons. The molecule has 72 heavy (non-hydrogen) atoms. The molecule has 14 heteroatoms. The van der Waals surface area contributed by atoms with Crippen LogP contribution in [0.1, 0.15) is 141 Å². The highest BCUT2D eigenvalue weighted by Crippen LogP contribution is 2.40. The lowest BCUT2D eigenvalue weighted by Gasteiger charge is -2.31. The molecule has 0 unspecified atom stereocenters. The van der Waals surface area contributed by atoms with E-state index in [1.807, 2.05) is 44.4 Å². The number of hydrogen-bond donors (Lipinski definition) is 1. The number of methoxy groups -OCH3 is 1. The second-order valence-electron chi connectivity index (χ2n) is 17.9. The zero-order valence-corrected chi connectivity index (χ0v) is 44.0. The average molecular weight is 1010 g/mol. The van der Waals surface area contributed by atoms with Crippen LogP contribution in [-0.4, -0.2) is 70.2 Å². The number of nitrogens with one attached hydrogen (secondary N) is 1. The topological polar surface area (TPSA) is 166 Å². The molecule has 0 atom stereocenters. The molecule has 3 aromatic carbocycles. The Morgan fingerprint density at radius 1 is 0.625 bits per heavy atom. The lowest BCUT2D eigenvalue weighted by molar-refractivity contribution is -0.145. The molecule has 0 spiro atoms. The van der Waals surface area contributed by atoms with Crippen LogP contribution in [0.5, 0.6) is 34.5 Å². The van der Waals surface area contributed by atoms with E-state index in [9.17, 15) is 19.2 Å². The maximum atomic E-state index is 12.7. The second-order valence-corrected chi connectivity index (χ2v) is 18.5. The molecule has 0 heterocycles. The third-order valence-corrected chi connectivity index (χ3v) is 13.3. The number of rotatable bonds is 28. The van der Waals surface area contributed by atoms with Gasteiger partial charge in [0.25, 0.3) is 0 Å². The zero-order chi connectivity index (χ0) is 51.8. The first-order valence-electron chi connectivity index (χ1n) is 26.1. The summed E-state index contributed by atoms with van der Waals surface area (Å²) in [4.78, 5) is 47.4. The predicted molar refractivity (Wildman–Crippen MR) is 283 cm³/mol. The Kier molecular flexibility index (Phi) is 28.4. The number of carbonyl (C=O) groups is 4. The Labute approximate surface area is 432 Å². The van der Waals surface area contributed by atoms with Gasteiger partial charge in [-0.15, -0.1) is 0 Å². The van der Waals surface area contributed by atoms with Crippen molar-refractivity contribution >= 4 is 42.5 Å². The number of benzene rings is 3. The van der Waals surface area contributed by atoms with Gasteiger partial charge in [-0.25, -0.2) is 4.79 Å². The number of hydrogen-bond acceptors (Lipinski definition) is 14. The van der Waals surface area contributed by atoms with Crippen molar-refractivity contribution in [2.24, 2.45) is 23.7 Å². The summed E-state index contributed by atoms with van der Waals surface area (Å²) < 4.78 is 44.5. The monoisotopic (exact) mass is 1010 g/mol. The molecule has 1 N–H and O–H groups in total. The third-order valence-electron chi connectivity index (χ3n) is 12.9. The Hall–Kier alpha value is -5.60. The van der Waals surface area contributed by atoms with Crippen LogP contribution >= 0.6 is 12.0 Å². The van der Waals surface area contributed by atoms with Gasteiger partial charge in [-0.05, 0) is 200 Å². The van der Waals surface area contributed by atoms with Gasteiger partial charge in [0.05, 0.1) is 45.4 Å². The smallest absolute Gasteiger partial charge is 0.330 e. The summed E-state index contributed by atoms with van der Waals surface area (Å²) in [6.45, 7) is 9.91. The van der Waals surface area contributed by atoms with E-state index in [1.54, 1.807) is 42.5 Å². The van der Waals surface area contributed by atoms with E-state index in [0.29, 0.717) is 73.4 Å². The molecular formula is C58H79NO12S. The standard InChI is InChI=1S/C31H37NO8.C25H36O4S.C2H6/c1-3-29(33)38-19-7-5-4-6-18-37-25-12-14-26(15-13-25)39-30(34)22-8-10-23(11-9-22)31(35)40-28-17-16-27(36-2)20-24(28)21-32;1-30-28-18-5-3-2-4-17-27-23-13-15-24(16-14-23)29-25(21-7-6-8-21)22-11-9-20(19-26)10-12-22;1-2/h3,12-17,20-23,32H,1,4-11,18-19H2,2H3;13-16,19-20,22H,2-12,17-18H2,1H3;1-2H3. The number of carbonyl (C=O) groups excluding carboxylic acids is 4. The molecule has 0 aliphatic heterocycles. The van der Waals surface area contributed by atoms with Crippen LogP contribution in [0.15, 0.2) is 90.7 Å². The van der Waals surface area contributed by atoms with Crippen LogP contribution in [0.2, 0.25) is 0 Å². The maximum absolute atomic E-state index is 12.7. The fraction of sp³-hybridized carbons (Fsp3) is 0.534. The van der Waals surface area contributed by atoms with Gasteiger partial charge < -0.3 is 47.5 Å². The molecule has 3 aliphatic rings. The van der Waals surface area contributed by atoms with E-state index in [0.717, 1.165) is 120 Å². The first-order valence-corrected chi connectivity index (χ1v) is 27.3. The number of unbranched alkanes of at least 4 members (excludes halogenated alkanes) is 6. The fourth-order valence-electron chi connectivity index (χ4n) is 8.58.